The van der Waals surface area contributed by atoms with Gasteiger partial charge in [0.05, 0.1) is 45.9 Å². The van der Waals surface area contributed by atoms with E-state index < -0.39 is 18.0 Å². The van der Waals surface area contributed by atoms with Crippen molar-refractivity contribution < 1.29 is 33.3 Å². The van der Waals surface area contributed by atoms with Crippen molar-refractivity contribution in [2.45, 2.75) is 52.6 Å². The number of carbonyl (C=O) groups excluding carboxylic acids is 3. The second kappa shape index (κ2) is 14.9. The lowest BCUT2D eigenvalue weighted by Crippen LogP contribution is -2.40. The van der Waals surface area contributed by atoms with Crippen LogP contribution in [-0.2, 0) is 20.8 Å². The van der Waals surface area contributed by atoms with Crippen molar-refractivity contribution in [2.75, 3.05) is 44.4 Å². The molecule has 12 heteroatoms. The Kier molecular flexibility index (Phi) is 11.0. The molecule has 2 atom stereocenters. The third kappa shape index (κ3) is 7.59. The van der Waals surface area contributed by atoms with E-state index in [1.165, 1.54) is 41.2 Å². The van der Waals surface area contributed by atoms with E-state index >= 15 is 0 Å². The fourth-order valence-electron chi connectivity index (χ4n) is 5.83. The number of anilines is 3. The highest BCUT2D eigenvalue weighted by Gasteiger charge is 2.30. The highest BCUT2D eigenvalue weighted by molar-refractivity contribution is 5.99. The monoisotopic (exact) mass is 646 g/mol. The van der Waals surface area contributed by atoms with Crippen LogP contribution in [0.1, 0.15) is 51.3 Å². The molecule has 47 heavy (non-hydrogen) atoms. The summed E-state index contributed by atoms with van der Waals surface area (Å²) in [5.74, 6) is 0.594. The number of ether oxygens (including phenoxy) is 4. The Balaban J connectivity index is 1.81. The molecule has 12 nitrogen and oxygen atoms in total. The number of benzene rings is 2. The highest BCUT2D eigenvalue weighted by Crippen LogP contribution is 2.50. The van der Waals surface area contributed by atoms with Crippen LogP contribution in [-0.4, -0.2) is 52.2 Å². The van der Waals surface area contributed by atoms with E-state index in [4.69, 9.17) is 18.9 Å². The van der Waals surface area contributed by atoms with Crippen LogP contribution in [0.4, 0.5) is 17.1 Å². The van der Waals surface area contributed by atoms with Gasteiger partial charge in [0.2, 0.25) is 28.9 Å². The van der Waals surface area contributed by atoms with Crippen LogP contribution in [0.25, 0.3) is 11.1 Å². The lowest BCUT2D eigenvalue weighted by molar-refractivity contribution is -0.120. The summed E-state index contributed by atoms with van der Waals surface area (Å²) in [6.45, 7) is 6.55. The second-order valence-corrected chi connectivity index (χ2v) is 11.5. The average Bonchev–Trinajstić information content (AvgIpc) is 3.26. The molecule has 250 valence electrons. The first-order valence-electron chi connectivity index (χ1n) is 15.2. The summed E-state index contributed by atoms with van der Waals surface area (Å²) in [7, 11) is 6.09. The molecule has 0 saturated carbocycles. The summed E-state index contributed by atoms with van der Waals surface area (Å²) in [5.41, 5.74) is 3.56. The molecule has 0 saturated heterocycles. The summed E-state index contributed by atoms with van der Waals surface area (Å²) in [5, 5.41) is 11.7. The number of amides is 3. The molecule has 3 aromatic rings. The van der Waals surface area contributed by atoms with Crippen molar-refractivity contribution >= 4 is 34.8 Å². The van der Waals surface area contributed by atoms with Gasteiger partial charge in [-0.2, -0.15) is 0 Å². The molecule has 4 N–H and O–H groups in total. The molecule has 0 spiro atoms. The number of methoxy groups -OCH3 is 4. The molecule has 1 aliphatic carbocycles. The number of hydrogen-bond acceptors (Lipinski definition) is 9. The zero-order valence-corrected chi connectivity index (χ0v) is 28.0. The minimum absolute atomic E-state index is 0.188. The fourth-order valence-corrected chi connectivity index (χ4v) is 5.83. The fraction of sp³-hybridized carbons (Fsp3) is 0.371. The maximum Gasteiger partial charge on any atom is 0.247 e. The Morgan fingerprint density at radius 2 is 1.49 bits per heavy atom. The first kappa shape index (κ1) is 34.6. The minimum Gasteiger partial charge on any atom is -0.495 e. The number of rotatable bonds is 11. The van der Waals surface area contributed by atoms with Crippen LogP contribution in [0.5, 0.6) is 23.0 Å². The number of nitrogens with one attached hydrogen (secondary N) is 4. The predicted octanol–water partition coefficient (Wildman–Crippen LogP) is 4.91. The van der Waals surface area contributed by atoms with Crippen molar-refractivity contribution in [3.63, 3.8) is 0 Å². The van der Waals surface area contributed by atoms with Gasteiger partial charge in [-0.15, -0.1) is 0 Å². The molecule has 4 rings (SSSR count). The largest absolute Gasteiger partial charge is 0.495 e. The van der Waals surface area contributed by atoms with Gasteiger partial charge in [-0.05, 0) is 71.8 Å². The summed E-state index contributed by atoms with van der Waals surface area (Å²) in [4.78, 5) is 51.5. The topological polar surface area (TPSA) is 153 Å². The Morgan fingerprint density at radius 1 is 0.787 bits per heavy atom. The Bertz CT molecular complexity index is 1740. The summed E-state index contributed by atoms with van der Waals surface area (Å²) in [6, 6.07) is 10.4. The first-order valence-corrected chi connectivity index (χ1v) is 15.2. The minimum atomic E-state index is -0.837. The van der Waals surface area contributed by atoms with Crippen LogP contribution in [0.15, 0.2) is 47.3 Å². The predicted molar refractivity (Wildman–Crippen MR) is 181 cm³/mol. The van der Waals surface area contributed by atoms with Gasteiger partial charge in [-0.1, -0.05) is 19.9 Å². The van der Waals surface area contributed by atoms with Crippen molar-refractivity contribution in [1.29, 1.82) is 0 Å². The quantitative estimate of drug-likeness (QED) is 0.228. The van der Waals surface area contributed by atoms with Gasteiger partial charge in [0.25, 0.3) is 0 Å². The molecular weight excluding hydrogens is 604 g/mol. The summed E-state index contributed by atoms with van der Waals surface area (Å²) >= 11 is 0. The Hall–Kier alpha value is -5.26. The molecule has 0 radical (unpaired) electrons. The highest BCUT2D eigenvalue weighted by atomic mass is 16.5. The van der Waals surface area contributed by atoms with Crippen LogP contribution < -0.4 is 45.6 Å². The van der Waals surface area contributed by atoms with E-state index in [2.05, 4.69) is 21.3 Å². The number of aryl methyl sites for hydroxylation is 1. The lowest BCUT2D eigenvalue weighted by atomic mass is 9.95. The molecule has 0 aliphatic heterocycles. The van der Waals surface area contributed by atoms with Crippen LogP contribution in [0, 0.1) is 5.92 Å². The second-order valence-electron chi connectivity index (χ2n) is 11.5. The van der Waals surface area contributed by atoms with Crippen LogP contribution in [0.2, 0.25) is 0 Å². The van der Waals surface area contributed by atoms with Gasteiger partial charge in [-0.3, -0.25) is 19.2 Å². The van der Waals surface area contributed by atoms with E-state index in [9.17, 15) is 19.2 Å². The van der Waals surface area contributed by atoms with Gasteiger partial charge >= 0.3 is 0 Å². The molecular formula is C35H42N4O8. The standard InChI is InChI=1S/C35H42N4O8/c1-18(2)32(35(43)39-27-16-22(36-19(3)40)10-14-29(27)44-5)38-26-13-11-23-24(17-28(26)42)25(37-20(4)41)12-9-21-15-30(45-6)33(46-7)34(47-8)31(21)23/h10-11,13-18,25,32H,9,12H2,1-8H3,(H,36,40)(H,37,41)(H,38,42)(H,39,43)/t25-,32-/m1/s1. The number of hydrogen-bond donors (Lipinski definition) is 4. The number of carbonyl (C=O) groups is 3. The normalized spacial score (nSPS) is 14.0. The van der Waals surface area contributed by atoms with Gasteiger partial charge in [-0.25, -0.2) is 0 Å². The molecule has 3 amide bonds. The molecule has 0 bridgehead atoms. The Labute approximate surface area is 274 Å². The number of fused-ring (bicyclic) bond motifs is 3. The van der Waals surface area contributed by atoms with E-state index in [0.717, 1.165) is 11.1 Å². The van der Waals surface area contributed by atoms with Crippen molar-refractivity contribution in [3.05, 3.63) is 63.8 Å². The smallest absolute Gasteiger partial charge is 0.247 e. The van der Waals surface area contributed by atoms with Crippen molar-refractivity contribution in [3.8, 4) is 34.1 Å². The van der Waals surface area contributed by atoms with Crippen molar-refractivity contribution in [1.82, 2.24) is 5.32 Å². The SMILES string of the molecule is COc1ccc(NC(C)=O)cc1NC(=O)[C@H](Nc1ccc2c(cc1=O)[C@H](NC(C)=O)CCc1cc(OC)c(OC)c(OC)c1-2)C(C)C. The van der Waals surface area contributed by atoms with E-state index in [1.54, 1.807) is 37.4 Å². The summed E-state index contributed by atoms with van der Waals surface area (Å²) in [6.07, 6.45) is 1.08. The van der Waals surface area contributed by atoms with Gasteiger partial charge in [0, 0.05) is 25.1 Å². The zero-order valence-electron chi connectivity index (χ0n) is 28.0. The Morgan fingerprint density at radius 3 is 2.09 bits per heavy atom. The maximum atomic E-state index is 13.9. The van der Waals surface area contributed by atoms with Crippen LogP contribution in [0.3, 0.4) is 0 Å². The molecule has 0 heterocycles. The molecule has 1 aliphatic rings. The van der Waals surface area contributed by atoms with E-state index in [0.29, 0.717) is 58.3 Å². The van der Waals surface area contributed by atoms with E-state index in [1.807, 2.05) is 19.9 Å². The van der Waals surface area contributed by atoms with Crippen molar-refractivity contribution in [2.24, 2.45) is 5.92 Å². The van der Waals surface area contributed by atoms with Gasteiger partial charge < -0.3 is 40.2 Å². The third-order valence-electron chi connectivity index (χ3n) is 7.95. The van der Waals surface area contributed by atoms with Crippen LogP contribution >= 0.6 is 0 Å². The van der Waals surface area contributed by atoms with E-state index in [-0.39, 0.29) is 28.8 Å². The first-order chi connectivity index (χ1) is 22.4. The molecule has 0 aromatic heterocycles. The average molecular weight is 647 g/mol. The third-order valence-corrected chi connectivity index (χ3v) is 7.95. The zero-order chi connectivity index (χ0) is 34.4. The summed E-state index contributed by atoms with van der Waals surface area (Å²) < 4.78 is 22.5. The molecule has 0 fully saturated rings. The van der Waals surface area contributed by atoms with Gasteiger partial charge in [0.15, 0.2) is 11.5 Å². The molecule has 0 unspecified atom stereocenters. The molecule has 3 aromatic carbocycles. The maximum absolute atomic E-state index is 13.9. The van der Waals surface area contributed by atoms with Gasteiger partial charge in [0.1, 0.15) is 11.8 Å². The lowest BCUT2D eigenvalue weighted by Gasteiger charge is -2.23.